The third kappa shape index (κ3) is 4.23. The van der Waals surface area contributed by atoms with E-state index < -0.39 is 16.1 Å². The number of hydrogen-bond donors (Lipinski definition) is 1. The molecule has 3 heterocycles. The van der Waals surface area contributed by atoms with Crippen LogP contribution in [0.5, 0.6) is 0 Å². The van der Waals surface area contributed by atoms with E-state index in [2.05, 4.69) is 10.2 Å². The van der Waals surface area contributed by atoms with Gasteiger partial charge in [-0.1, -0.05) is 0 Å². The Balaban J connectivity index is 1.44. The summed E-state index contributed by atoms with van der Waals surface area (Å²) in [5.41, 5.74) is 0. The van der Waals surface area contributed by atoms with Gasteiger partial charge in [0, 0.05) is 26.2 Å². The molecule has 132 valence electrons. The van der Waals surface area contributed by atoms with Crippen LogP contribution in [0.3, 0.4) is 0 Å². The van der Waals surface area contributed by atoms with Crippen LogP contribution in [0.25, 0.3) is 0 Å². The van der Waals surface area contributed by atoms with E-state index in [1.807, 2.05) is 0 Å². The maximum atomic E-state index is 12.3. The molecule has 0 aliphatic carbocycles. The predicted molar refractivity (Wildman–Crippen MR) is 86.5 cm³/mol. The first kappa shape index (κ1) is 17.1. The summed E-state index contributed by atoms with van der Waals surface area (Å²) >= 11 is 0. The number of nitrogens with zero attached hydrogens (tertiary/aromatic N) is 2. The Kier molecular flexibility index (Phi) is 5.25. The van der Waals surface area contributed by atoms with Crippen molar-refractivity contribution in [3.63, 3.8) is 0 Å². The number of piperidine rings is 1. The second kappa shape index (κ2) is 7.04. The molecule has 8 heteroatoms. The summed E-state index contributed by atoms with van der Waals surface area (Å²) < 4.78 is 30.6. The number of ether oxygens (including phenoxy) is 1. The van der Waals surface area contributed by atoms with Crippen LogP contribution in [0.4, 0.5) is 0 Å². The standard InChI is InChI=1S/C15H27N3O4S/c1-23(20,21)18-8-4-12-10-13(22-14(12)11-18)15(19)16-5-9-17-6-2-3-7-17/h12-14H,2-11H2,1H3,(H,16,19)/t12-,13-,14+/m1/s1. The Bertz CT molecular complexity index is 533. The van der Waals surface area contributed by atoms with Gasteiger partial charge in [-0.15, -0.1) is 0 Å². The summed E-state index contributed by atoms with van der Waals surface area (Å²) in [4.78, 5) is 14.6. The lowest BCUT2D eigenvalue weighted by molar-refractivity contribution is -0.132. The minimum absolute atomic E-state index is 0.0514. The molecule has 3 atom stereocenters. The van der Waals surface area contributed by atoms with E-state index in [0.29, 0.717) is 32.0 Å². The largest absolute Gasteiger partial charge is 0.363 e. The van der Waals surface area contributed by atoms with Crippen LogP contribution in [0, 0.1) is 5.92 Å². The van der Waals surface area contributed by atoms with Crippen molar-refractivity contribution in [3.05, 3.63) is 0 Å². The summed E-state index contributed by atoms with van der Waals surface area (Å²) in [6.45, 7) is 4.72. The van der Waals surface area contributed by atoms with E-state index in [1.54, 1.807) is 0 Å². The number of fused-ring (bicyclic) bond motifs is 1. The lowest BCUT2D eigenvalue weighted by Crippen LogP contribution is -2.45. The van der Waals surface area contributed by atoms with Gasteiger partial charge in [-0.3, -0.25) is 4.79 Å². The maximum absolute atomic E-state index is 12.3. The third-order valence-electron chi connectivity index (χ3n) is 5.20. The van der Waals surface area contributed by atoms with Crippen LogP contribution in [0.15, 0.2) is 0 Å². The van der Waals surface area contributed by atoms with Crippen LogP contribution in [0.2, 0.25) is 0 Å². The lowest BCUT2D eigenvalue weighted by Gasteiger charge is -2.32. The fraction of sp³-hybridized carbons (Fsp3) is 0.933. The van der Waals surface area contributed by atoms with Gasteiger partial charge >= 0.3 is 0 Å². The van der Waals surface area contributed by atoms with Crippen LogP contribution in [0.1, 0.15) is 25.7 Å². The average molecular weight is 345 g/mol. The summed E-state index contributed by atoms with van der Waals surface area (Å²) in [5.74, 6) is 0.242. The van der Waals surface area contributed by atoms with Crippen molar-refractivity contribution in [2.45, 2.75) is 37.9 Å². The molecule has 3 rings (SSSR count). The SMILES string of the molecule is CS(=O)(=O)N1CC[C@@H]2C[C@H](C(=O)NCCN3CCCC3)O[C@H]2C1. The van der Waals surface area contributed by atoms with Crippen molar-refractivity contribution in [3.8, 4) is 0 Å². The number of amides is 1. The molecule has 1 amide bonds. The first-order chi connectivity index (χ1) is 10.9. The quantitative estimate of drug-likeness (QED) is 0.736. The fourth-order valence-electron chi connectivity index (χ4n) is 3.83. The molecule has 0 aromatic carbocycles. The van der Waals surface area contributed by atoms with Crippen LogP contribution >= 0.6 is 0 Å². The van der Waals surface area contributed by atoms with Gasteiger partial charge in [0.25, 0.3) is 0 Å². The summed E-state index contributed by atoms with van der Waals surface area (Å²) in [6.07, 6.45) is 4.63. The van der Waals surface area contributed by atoms with E-state index in [0.717, 1.165) is 26.1 Å². The first-order valence-corrected chi connectivity index (χ1v) is 10.4. The number of rotatable bonds is 5. The molecule has 0 aromatic rings. The van der Waals surface area contributed by atoms with Gasteiger partial charge in [-0.25, -0.2) is 8.42 Å². The first-order valence-electron chi connectivity index (χ1n) is 8.54. The highest BCUT2D eigenvalue weighted by Gasteiger charge is 2.43. The summed E-state index contributed by atoms with van der Waals surface area (Å²) in [5, 5.41) is 2.97. The Morgan fingerprint density at radius 1 is 1.26 bits per heavy atom. The number of hydrogen-bond acceptors (Lipinski definition) is 5. The normalized spacial score (nSPS) is 32.8. The Morgan fingerprint density at radius 3 is 2.70 bits per heavy atom. The molecule has 3 fully saturated rings. The van der Waals surface area contributed by atoms with Gasteiger partial charge in [-0.05, 0) is 44.7 Å². The fourth-order valence-corrected chi connectivity index (χ4v) is 4.68. The number of sulfonamides is 1. The number of nitrogens with one attached hydrogen (secondary N) is 1. The highest BCUT2D eigenvalue weighted by Crippen LogP contribution is 2.33. The molecule has 0 spiro atoms. The zero-order valence-electron chi connectivity index (χ0n) is 13.7. The molecule has 3 saturated heterocycles. The average Bonchev–Trinajstić information content (AvgIpc) is 3.14. The minimum atomic E-state index is -3.18. The van der Waals surface area contributed by atoms with Gasteiger partial charge < -0.3 is 15.0 Å². The minimum Gasteiger partial charge on any atom is -0.363 e. The van der Waals surface area contributed by atoms with E-state index in [4.69, 9.17) is 4.74 Å². The monoisotopic (exact) mass is 345 g/mol. The van der Waals surface area contributed by atoms with Gasteiger partial charge in [-0.2, -0.15) is 4.31 Å². The number of likely N-dealkylation sites (tertiary alicyclic amines) is 1. The zero-order chi connectivity index (χ0) is 16.4. The molecule has 0 radical (unpaired) electrons. The molecule has 0 saturated carbocycles. The molecule has 0 aromatic heterocycles. The van der Waals surface area contributed by atoms with Gasteiger partial charge in [0.1, 0.15) is 6.10 Å². The van der Waals surface area contributed by atoms with Crippen molar-refractivity contribution in [2.75, 3.05) is 45.5 Å². The van der Waals surface area contributed by atoms with Gasteiger partial charge in [0.05, 0.1) is 12.4 Å². The molecule has 23 heavy (non-hydrogen) atoms. The topological polar surface area (TPSA) is 79.0 Å². The predicted octanol–water partition coefficient (Wildman–Crippen LogP) is -0.363. The molecule has 7 nitrogen and oxygen atoms in total. The summed E-state index contributed by atoms with van der Waals surface area (Å²) in [6, 6.07) is 0. The highest BCUT2D eigenvalue weighted by atomic mass is 32.2. The van der Waals surface area contributed by atoms with Crippen molar-refractivity contribution in [1.82, 2.24) is 14.5 Å². The van der Waals surface area contributed by atoms with E-state index >= 15 is 0 Å². The van der Waals surface area contributed by atoms with Crippen LogP contribution in [-0.4, -0.2) is 81.3 Å². The number of carbonyl (C=O) groups excluding carboxylic acids is 1. The Morgan fingerprint density at radius 2 is 2.00 bits per heavy atom. The van der Waals surface area contributed by atoms with E-state index in [1.165, 1.54) is 23.4 Å². The van der Waals surface area contributed by atoms with Crippen LogP contribution < -0.4 is 5.32 Å². The number of carbonyl (C=O) groups is 1. The smallest absolute Gasteiger partial charge is 0.249 e. The summed E-state index contributed by atoms with van der Waals surface area (Å²) in [7, 11) is -3.18. The molecular formula is C15H27N3O4S. The zero-order valence-corrected chi connectivity index (χ0v) is 14.6. The molecule has 0 bridgehead atoms. The van der Waals surface area contributed by atoms with E-state index in [-0.39, 0.29) is 12.0 Å². The second-order valence-electron chi connectivity index (χ2n) is 6.91. The molecule has 1 N–H and O–H groups in total. The molecule has 3 aliphatic rings. The lowest BCUT2D eigenvalue weighted by atomic mass is 9.93. The third-order valence-corrected chi connectivity index (χ3v) is 6.47. The van der Waals surface area contributed by atoms with Crippen LogP contribution in [-0.2, 0) is 19.6 Å². The Labute approximate surface area is 138 Å². The van der Waals surface area contributed by atoms with E-state index in [9.17, 15) is 13.2 Å². The molecule has 3 aliphatic heterocycles. The van der Waals surface area contributed by atoms with Crippen molar-refractivity contribution < 1.29 is 17.9 Å². The highest BCUT2D eigenvalue weighted by molar-refractivity contribution is 7.88. The second-order valence-corrected chi connectivity index (χ2v) is 8.89. The van der Waals surface area contributed by atoms with Gasteiger partial charge in [0.2, 0.25) is 15.9 Å². The maximum Gasteiger partial charge on any atom is 0.249 e. The molecular weight excluding hydrogens is 318 g/mol. The van der Waals surface area contributed by atoms with Gasteiger partial charge in [0.15, 0.2) is 0 Å². The van der Waals surface area contributed by atoms with Crippen molar-refractivity contribution >= 4 is 15.9 Å². The van der Waals surface area contributed by atoms with Crippen molar-refractivity contribution in [1.29, 1.82) is 0 Å². The molecule has 0 unspecified atom stereocenters. The van der Waals surface area contributed by atoms with Crippen molar-refractivity contribution in [2.24, 2.45) is 5.92 Å². The Hall–Kier alpha value is -0.700.